The number of aryl methyl sites for hydroxylation is 1. The fraction of sp³-hybridized carbons (Fsp3) is 0.400. The molecule has 1 aromatic carbocycles. The normalized spacial score (nSPS) is 24.1. The minimum Gasteiger partial charge on any atom is -0.387 e. The van der Waals surface area contributed by atoms with Crippen LogP contribution in [-0.4, -0.2) is 11.1 Å². The number of hydrogen-bond acceptors (Lipinski definition) is 2. The third-order valence-corrected chi connectivity index (χ3v) is 2.53. The lowest BCUT2D eigenvalue weighted by Gasteiger charge is -2.26. The van der Waals surface area contributed by atoms with Gasteiger partial charge in [0.1, 0.15) is 0 Å². The third kappa shape index (κ3) is 2.57. The Labute approximate surface area is 105 Å². The Bertz CT molecular complexity index is 293. The molecule has 0 saturated heterocycles. The SMILES string of the molecule is Br.Br.NC1CCc2ccccc2C1O. The molecule has 2 rings (SSSR count). The topological polar surface area (TPSA) is 46.2 Å². The molecular formula is C10H15Br2NO. The van der Waals surface area contributed by atoms with E-state index in [1.807, 2.05) is 18.2 Å². The summed E-state index contributed by atoms with van der Waals surface area (Å²) in [7, 11) is 0. The largest absolute Gasteiger partial charge is 0.387 e. The van der Waals surface area contributed by atoms with Crippen molar-refractivity contribution in [2.45, 2.75) is 25.0 Å². The van der Waals surface area contributed by atoms with E-state index < -0.39 is 6.10 Å². The van der Waals surface area contributed by atoms with E-state index in [-0.39, 0.29) is 40.0 Å². The molecule has 0 aliphatic heterocycles. The van der Waals surface area contributed by atoms with Gasteiger partial charge in [-0.1, -0.05) is 24.3 Å². The highest BCUT2D eigenvalue weighted by atomic mass is 79.9. The zero-order valence-corrected chi connectivity index (χ0v) is 11.1. The third-order valence-electron chi connectivity index (χ3n) is 2.53. The van der Waals surface area contributed by atoms with Crippen LogP contribution in [0, 0.1) is 0 Å². The molecule has 2 nitrogen and oxygen atoms in total. The van der Waals surface area contributed by atoms with Crippen LogP contribution in [0.25, 0.3) is 0 Å². The second-order valence-corrected chi connectivity index (χ2v) is 3.35. The smallest absolute Gasteiger partial charge is 0.0943 e. The molecule has 1 aliphatic carbocycles. The van der Waals surface area contributed by atoms with Gasteiger partial charge < -0.3 is 10.8 Å². The van der Waals surface area contributed by atoms with Crippen LogP contribution in [0.2, 0.25) is 0 Å². The second kappa shape index (κ2) is 5.85. The van der Waals surface area contributed by atoms with Crippen molar-refractivity contribution in [1.29, 1.82) is 0 Å². The van der Waals surface area contributed by atoms with Gasteiger partial charge in [-0.15, -0.1) is 34.0 Å². The van der Waals surface area contributed by atoms with Gasteiger partial charge in [-0.25, -0.2) is 0 Å². The molecule has 2 unspecified atom stereocenters. The quantitative estimate of drug-likeness (QED) is 0.768. The van der Waals surface area contributed by atoms with Gasteiger partial charge in [0.05, 0.1) is 6.10 Å². The van der Waals surface area contributed by atoms with Crippen LogP contribution in [0.4, 0.5) is 0 Å². The van der Waals surface area contributed by atoms with E-state index in [0.29, 0.717) is 0 Å². The molecule has 2 atom stereocenters. The number of nitrogens with two attached hydrogens (primary N) is 1. The zero-order valence-electron chi connectivity index (χ0n) is 7.72. The first kappa shape index (κ1) is 14.1. The molecule has 0 heterocycles. The van der Waals surface area contributed by atoms with Crippen molar-refractivity contribution in [3.05, 3.63) is 35.4 Å². The van der Waals surface area contributed by atoms with E-state index in [1.54, 1.807) is 0 Å². The number of fused-ring (bicyclic) bond motifs is 1. The maximum Gasteiger partial charge on any atom is 0.0943 e. The minimum absolute atomic E-state index is 0. The van der Waals surface area contributed by atoms with Gasteiger partial charge in [0.2, 0.25) is 0 Å². The fourth-order valence-electron chi connectivity index (χ4n) is 1.76. The van der Waals surface area contributed by atoms with Crippen LogP contribution in [-0.2, 0) is 6.42 Å². The highest BCUT2D eigenvalue weighted by Gasteiger charge is 2.23. The fourth-order valence-corrected chi connectivity index (χ4v) is 1.76. The molecule has 0 aromatic heterocycles. The molecule has 1 aliphatic rings. The highest BCUT2D eigenvalue weighted by Crippen LogP contribution is 2.28. The highest BCUT2D eigenvalue weighted by molar-refractivity contribution is 8.93. The van der Waals surface area contributed by atoms with Gasteiger partial charge in [0.15, 0.2) is 0 Å². The molecule has 0 spiro atoms. The minimum atomic E-state index is -0.463. The summed E-state index contributed by atoms with van der Waals surface area (Å²) in [5, 5.41) is 9.70. The first-order valence-corrected chi connectivity index (χ1v) is 4.30. The summed E-state index contributed by atoms with van der Waals surface area (Å²) in [6, 6.07) is 7.88. The van der Waals surface area contributed by atoms with E-state index in [9.17, 15) is 5.11 Å². The molecule has 14 heavy (non-hydrogen) atoms. The molecule has 0 amide bonds. The number of halogens is 2. The molecule has 3 N–H and O–H groups in total. The van der Waals surface area contributed by atoms with Gasteiger partial charge in [-0.3, -0.25) is 0 Å². The number of benzene rings is 1. The second-order valence-electron chi connectivity index (χ2n) is 3.35. The first-order chi connectivity index (χ1) is 5.79. The van der Waals surface area contributed by atoms with Crippen LogP contribution >= 0.6 is 34.0 Å². The number of aliphatic hydroxyl groups is 1. The Morgan fingerprint density at radius 2 is 1.86 bits per heavy atom. The van der Waals surface area contributed by atoms with Crippen molar-refractivity contribution in [3.8, 4) is 0 Å². The average molecular weight is 325 g/mol. The lowest BCUT2D eigenvalue weighted by atomic mass is 9.86. The molecule has 4 heteroatoms. The van der Waals surface area contributed by atoms with Crippen molar-refractivity contribution in [2.75, 3.05) is 0 Å². The predicted molar refractivity (Wildman–Crippen MR) is 68.3 cm³/mol. The van der Waals surface area contributed by atoms with Gasteiger partial charge >= 0.3 is 0 Å². The van der Waals surface area contributed by atoms with Crippen LogP contribution in [0.15, 0.2) is 24.3 Å². The van der Waals surface area contributed by atoms with Crippen LogP contribution in [0.1, 0.15) is 23.7 Å². The lowest BCUT2D eigenvalue weighted by molar-refractivity contribution is 0.134. The maximum atomic E-state index is 9.70. The first-order valence-electron chi connectivity index (χ1n) is 4.30. The van der Waals surface area contributed by atoms with E-state index in [1.165, 1.54) is 5.56 Å². The monoisotopic (exact) mass is 323 g/mol. The maximum absolute atomic E-state index is 9.70. The van der Waals surface area contributed by atoms with E-state index >= 15 is 0 Å². The van der Waals surface area contributed by atoms with Crippen molar-refractivity contribution in [3.63, 3.8) is 0 Å². The number of hydrogen-bond donors (Lipinski definition) is 2. The molecule has 0 bridgehead atoms. The van der Waals surface area contributed by atoms with Gasteiger partial charge in [-0.2, -0.15) is 0 Å². The van der Waals surface area contributed by atoms with Crippen molar-refractivity contribution in [2.24, 2.45) is 5.73 Å². The van der Waals surface area contributed by atoms with Crippen molar-refractivity contribution < 1.29 is 5.11 Å². The lowest BCUT2D eigenvalue weighted by Crippen LogP contribution is -2.32. The standard InChI is InChI=1S/C10H13NO.2BrH/c11-9-6-5-7-3-1-2-4-8(7)10(9)12;;/h1-4,9-10,12H,5-6,11H2;2*1H. The van der Waals surface area contributed by atoms with Gasteiger partial charge in [0, 0.05) is 6.04 Å². The summed E-state index contributed by atoms with van der Waals surface area (Å²) in [6.45, 7) is 0. The Hall–Kier alpha value is 0.1000. The molecule has 0 radical (unpaired) electrons. The molecule has 80 valence electrons. The number of rotatable bonds is 0. The number of aliphatic hydroxyl groups excluding tert-OH is 1. The van der Waals surface area contributed by atoms with Crippen LogP contribution < -0.4 is 5.73 Å². The summed E-state index contributed by atoms with van der Waals surface area (Å²) >= 11 is 0. The van der Waals surface area contributed by atoms with E-state index in [0.717, 1.165) is 18.4 Å². The van der Waals surface area contributed by atoms with E-state index in [2.05, 4.69) is 6.07 Å². The summed E-state index contributed by atoms with van der Waals surface area (Å²) in [5.41, 5.74) is 8.00. The van der Waals surface area contributed by atoms with Crippen molar-refractivity contribution >= 4 is 34.0 Å². The Morgan fingerprint density at radius 1 is 1.21 bits per heavy atom. The van der Waals surface area contributed by atoms with Crippen LogP contribution in [0.5, 0.6) is 0 Å². The van der Waals surface area contributed by atoms with Crippen molar-refractivity contribution in [1.82, 2.24) is 0 Å². The average Bonchev–Trinajstić information content (AvgIpc) is 2.12. The molecular weight excluding hydrogens is 310 g/mol. The summed E-state index contributed by atoms with van der Waals surface area (Å²) in [6.07, 6.45) is 1.42. The summed E-state index contributed by atoms with van der Waals surface area (Å²) in [5.74, 6) is 0. The molecule has 0 fully saturated rings. The Balaban J connectivity index is 0.000000845. The van der Waals surface area contributed by atoms with E-state index in [4.69, 9.17) is 5.73 Å². The molecule has 1 aromatic rings. The predicted octanol–water partition coefficient (Wildman–Crippen LogP) is 2.15. The zero-order chi connectivity index (χ0) is 8.55. The Morgan fingerprint density at radius 3 is 2.57 bits per heavy atom. The van der Waals surface area contributed by atoms with Gasteiger partial charge in [0.25, 0.3) is 0 Å². The summed E-state index contributed by atoms with van der Waals surface area (Å²) in [4.78, 5) is 0. The summed E-state index contributed by atoms with van der Waals surface area (Å²) < 4.78 is 0. The van der Waals surface area contributed by atoms with Crippen LogP contribution in [0.3, 0.4) is 0 Å². The van der Waals surface area contributed by atoms with Gasteiger partial charge in [-0.05, 0) is 24.0 Å². The Kier molecular flexibility index (Phi) is 5.90. The molecule has 0 saturated carbocycles.